The predicted molar refractivity (Wildman–Crippen MR) is 93.6 cm³/mol. The van der Waals surface area contributed by atoms with E-state index in [9.17, 15) is 0 Å². The molecule has 0 aliphatic carbocycles. The van der Waals surface area contributed by atoms with Crippen molar-refractivity contribution < 1.29 is 4.74 Å². The van der Waals surface area contributed by atoms with E-state index >= 15 is 0 Å². The van der Waals surface area contributed by atoms with Crippen LogP contribution in [0.15, 0.2) is 30.3 Å². The molecule has 4 heteroatoms. The molecular formula is C18H29ClN2O. The Morgan fingerprint density at radius 2 is 1.86 bits per heavy atom. The molecule has 2 heterocycles. The molecule has 0 amide bonds. The molecule has 0 aromatic heterocycles. The van der Waals surface area contributed by atoms with Crippen LogP contribution in [0.5, 0.6) is 0 Å². The van der Waals surface area contributed by atoms with E-state index in [-0.39, 0.29) is 24.0 Å². The van der Waals surface area contributed by atoms with Crippen LogP contribution in [-0.4, -0.2) is 43.2 Å². The Hall–Kier alpha value is -0.610. The van der Waals surface area contributed by atoms with Gasteiger partial charge in [0.15, 0.2) is 0 Å². The highest BCUT2D eigenvalue weighted by Gasteiger charge is 2.36. The van der Waals surface area contributed by atoms with Crippen molar-refractivity contribution >= 4 is 12.4 Å². The first-order chi connectivity index (χ1) is 10.1. The van der Waals surface area contributed by atoms with Crippen LogP contribution in [-0.2, 0) is 4.74 Å². The van der Waals surface area contributed by atoms with Crippen molar-refractivity contribution in [2.75, 3.05) is 32.8 Å². The second-order valence-electron chi connectivity index (χ2n) is 7.12. The van der Waals surface area contributed by atoms with Gasteiger partial charge in [0, 0.05) is 18.6 Å². The van der Waals surface area contributed by atoms with Gasteiger partial charge in [0.25, 0.3) is 0 Å². The molecule has 2 aliphatic rings. The van der Waals surface area contributed by atoms with Gasteiger partial charge < -0.3 is 10.1 Å². The molecule has 1 aromatic rings. The maximum absolute atomic E-state index is 6.14. The minimum absolute atomic E-state index is 0. The van der Waals surface area contributed by atoms with Crippen molar-refractivity contribution in [1.29, 1.82) is 0 Å². The summed E-state index contributed by atoms with van der Waals surface area (Å²) in [6.07, 6.45) is 2.84. The van der Waals surface area contributed by atoms with E-state index in [1.807, 2.05) is 0 Å². The molecule has 0 spiro atoms. The quantitative estimate of drug-likeness (QED) is 0.923. The average Bonchev–Trinajstić information content (AvgIpc) is 2.51. The molecule has 2 aliphatic heterocycles. The monoisotopic (exact) mass is 324 g/mol. The molecule has 0 saturated carbocycles. The van der Waals surface area contributed by atoms with E-state index in [0.29, 0.717) is 0 Å². The zero-order chi connectivity index (χ0) is 14.7. The van der Waals surface area contributed by atoms with Gasteiger partial charge in [0.05, 0.1) is 12.7 Å². The lowest BCUT2D eigenvalue weighted by Gasteiger charge is -2.47. The molecule has 0 bridgehead atoms. The van der Waals surface area contributed by atoms with Crippen LogP contribution in [0.1, 0.15) is 38.4 Å². The van der Waals surface area contributed by atoms with Crippen LogP contribution in [0.2, 0.25) is 0 Å². The molecular weight excluding hydrogens is 296 g/mol. The smallest absolute Gasteiger partial charge is 0.0952 e. The molecule has 1 N–H and O–H groups in total. The van der Waals surface area contributed by atoms with Gasteiger partial charge >= 0.3 is 0 Å². The Morgan fingerprint density at radius 1 is 1.18 bits per heavy atom. The molecule has 3 nitrogen and oxygen atoms in total. The average molecular weight is 325 g/mol. The maximum atomic E-state index is 6.14. The number of halogens is 1. The van der Waals surface area contributed by atoms with Crippen LogP contribution in [0.4, 0.5) is 0 Å². The fourth-order valence-electron chi connectivity index (χ4n) is 3.46. The topological polar surface area (TPSA) is 24.5 Å². The first-order valence-corrected chi connectivity index (χ1v) is 8.27. The largest absolute Gasteiger partial charge is 0.370 e. The molecule has 1 atom stereocenters. The van der Waals surface area contributed by atoms with Gasteiger partial charge in [-0.15, -0.1) is 12.4 Å². The van der Waals surface area contributed by atoms with Crippen LogP contribution in [0.25, 0.3) is 0 Å². The summed E-state index contributed by atoms with van der Waals surface area (Å²) in [4.78, 5) is 2.66. The van der Waals surface area contributed by atoms with Gasteiger partial charge in [-0.2, -0.15) is 0 Å². The first-order valence-electron chi connectivity index (χ1n) is 8.27. The predicted octanol–water partition coefficient (Wildman–Crippen LogP) is 3.26. The zero-order valence-corrected chi connectivity index (χ0v) is 14.6. The summed E-state index contributed by atoms with van der Waals surface area (Å²) in [5.74, 6) is 0.833. The van der Waals surface area contributed by atoms with E-state index in [1.165, 1.54) is 38.0 Å². The van der Waals surface area contributed by atoms with E-state index < -0.39 is 0 Å². The van der Waals surface area contributed by atoms with Gasteiger partial charge in [-0.3, -0.25) is 4.90 Å². The Balaban J connectivity index is 0.00000176. The second-order valence-corrected chi connectivity index (χ2v) is 7.12. The fraction of sp³-hybridized carbons (Fsp3) is 0.667. The lowest BCUT2D eigenvalue weighted by molar-refractivity contribution is -0.106. The summed E-state index contributed by atoms with van der Waals surface area (Å²) >= 11 is 0. The van der Waals surface area contributed by atoms with Crippen molar-refractivity contribution in [3.8, 4) is 0 Å². The number of hydrogen-bond acceptors (Lipinski definition) is 3. The first kappa shape index (κ1) is 17.7. The minimum Gasteiger partial charge on any atom is -0.370 e. The standard InChI is InChI=1S/C18H28N2O.ClH/c1-18(2)14-21-17(16-6-4-3-5-7-16)13-20(18)12-15-8-10-19-11-9-15;/h3-7,15,17,19H,8-14H2,1-2H3;1H. The molecule has 2 fully saturated rings. The van der Waals surface area contributed by atoms with Crippen molar-refractivity contribution in [2.45, 2.75) is 38.3 Å². The van der Waals surface area contributed by atoms with Gasteiger partial charge in [-0.05, 0) is 51.3 Å². The van der Waals surface area contributed by atoms with Crippen LogP contribution < -0.4 is 5.32 Å². The third kappa shape index (κ3) is 4.23. The number of rotatable bonds is 3. The highest BCUT2D eigenvalue weighted by Crippen LogP contribution is 2.31. The molecule has 1 unspecified atom stereocenters. The van der Waals surface area contributed by atoms with Crippen LogP contribution >= 0.6 is 12.4 Å². The molecule has 2 saturated heterocycles. The van der Waals surface area contributed by atoms with Gasteiger partial charge in [0.2, 0.25) is 0 Å². The molecule has 22 heavy (non-hydrogen) atoms. The zero-order valence-electron chi connectivity index (χ0n) is 13.8. The molecule has 3 rings (SSSR count). The maximum Gasteiger partial charge on any atom is 0.0952 e. The molecule has 0 radical (unpaired) electrons. The van der Waals surface area contributed by atoms with E-state index in [1.54, 1.807) is 0 Å². The highest BCUT2D eigenvalue weighted by molar-refractivity contribution is 5.85. The van der Waals surface area contributed by atoms with Gasteiger partial charge in [-0.25, -0.2) is 0 Å². The number of benzene rings is 1. The summed E-state index contributed by atoms with van der Waals surface area (Å²) < 4.78 is 6.14. The number of hydrogen-bond donors (Lipinski definition) is 1. The summed E-state index contributed by atoms with van der Waals surface area (Å²) in [6, 6.07) is 10.7. The fourth-order valence-corrected chi connectivity index (χ4v) is 3.46. The second kappa shape index (κ2) is 7.78. The molecule has 124 valence electrons. The van der Waals surface area contributed by atoms with Crippen molar-refractivity contribution in [3.63, 3.8) is 0 Å². The van der Waals surface area contributed by atoms with E-state index in [0.717, 1.165) is 19.1 Å². The Kier molecular flexibility index (Phi) is 6.27. The number of ether oxygens (including phenoxy) is 1. The lowest BCUT2D eigenvalue weighted by atomic mass is 9.92. The third-order valence-electron chi connectivity index (χ3n) is 4.99. The van der Waals surface area contributed by atoms with Gasteiger partial charge in [-0.1, -0.05) is 30.3 Å². The third-order valence-corrected chi connectivity index (χ3v) is 4.99. The van der Waals surface area contributed by atoms with Crippen molar-refractivity contribution in [1.82, 2.24) is 10.2 Å². The van der Waals surface area contributed by atoms with Crippen molar-refractivity contribution in [2.24, 2.45) is 5.92 Å². The summed E-state index contributed by atoms with van der Waals surface area (Å²) in [6.45, 7) is 10.0. The van der Waals surface area contributed by atoms with Crippen LogP contribution in [0, 0.1) is 5.92 Å². The van der Waals surface area contributed by atoms with E-state index in [4.69, 9.17) is 4.74 Å². The highest BCUT2D eigenvalue weighted by atomic mass is 35.5. The Labute approximate surface area is 140 Å². The summed E-state index contributed by atoms with van der Waals surface area (Å²) in [5.41, 5.74) is 1.46. The minimum atomic E-state index is 0. The summed E-state index contributed by atoms with van der Waals surface area (Å²) in [5, 5.41) is 3.46. The number of piperidine rings is 1. The Bertz CT molecular complexity index is 446. The SMILES string of the molecule is CC1(C)COC(c2ccccc2)CN1CC1CCNCC1.Cl. The lowest BCUT2D eigenvalue weighted by Crippen LogP contribution is -2.55. The van der Waals surface area contributed by atoms with E-state index in [2.05, 4.69) is 54.4 Å². The number of nitrogens with zero attached hydrogens (tertiary/aromatic N) is 1. The summed E-state index contributed by atoms with van der Waals surface area (Å²) in [7, 11) is 0. The Morgan fingerprint density at radius 3 is 2.55 bits per heavy atom. The van der Waals surface area contributed by atoms with Crippen molar-refractivity contribution in [3.05, 3.63) is 35.9 Å². The number of morpholine rings is 1. The normalized spacial score (nSPS) is 26.4. The van der Waals surface area contributed by atoms with Gasteiger partial charge in [0.1, 0.15) is 0 Å². The number of nitrogens with one attached hydrogen (secondary N) is 1. The molecule has 1 aromatic carbocycles. The van der Waals surface area contributed by atoms with Crippen LogP contribution in [0.3, 0.4) is 0 Å².